The number of hydrogen-bond donors (Lipinski definition) is 1. The van der Waals surface area contributed by atoms with Crippen molar-refractivity contribution in [2.45, 2.75) is 12.8 Å². The van der Waals surface area contributed by atoms with Crippen molar-refractivity contribution in [3.8, 4) is 11.5 Å². The Morgan fingerprint density at radius 2 is 2.04 bits per heavy atom. The average molecular weight is 384 g/mol. The zero-order chi connectivity index (χ0) is 18.0. The maximum absolute atomic E-state index is 12.5. The van der Waals surface area contributed by atoms with E-state index in [1.807, 2.05) is 0 Å². The third kappa shape index (κ3) is 4.05. The molecule has 0 saturated heterocycles. The molecule has 1 aliphatic carbocycles. The number of halogens is 2. The van der Waals surface area contributed by atoms with E-state index in [0.29, 0.717) is 23.0 Å². The van der Waals surface area contributed by atoms with E-state index in [1.165, 1.54) is 25.6 Å². The van der Waals surface area contributed by atoms with Gasteiger partial charge in [-0.3, -0.25) is 9.78 Å². The molecule has 3 rings (SSSR count). The molecule has 132 valence electrons. The Morgan fingerprint density at radius 1 is 1.36 bits per heavy atom. The van der Waals surface area contributed by atoms with Gasteiger partial charge in [-0.1, -0.05) is 23.2 Å². The minimum Gasteiger partial charge on any atom is -0.618 e. The van der Waals surface area contributed by atoms with Crippen LogP contribution in [0.5, 0.6) is 11.5 Å². The number of pyridine rings is 2. The van der Waals surface area contributed by atoms with E-state index in [1.54, 1.807) is 0 Å². The number of rotatable bonds is 6. The molecule has 1 fully saturated rings. The summed E-state index contributed by atoms with van der Waals surface area (Å²) < 4.78 is 11.2. The Labute approximate surface area is 154 Å². The van der Waals surface area contributed by atoms with Crippen LogP contribution in [0.15, 0.2) is 24.7 Å². The van der Waals surface area contributed by atoms with Crippen LogP contribution >= 0.6 is 23.2 Å². The highest BCUT2D eigenvalue weighted by Crippen LogP contribution is 2.33. The molecule has 0 spiro atoms. The fourth-order valence-corrected chi connectivity index (χ4v) is 2.59. The van der Waals surface area contributed by atoms with Crippen LogP contribution in [0.1, 0.15) is 23.3 Å². The highest BCUT2D eigenvalue weighted by Gasteiger charge is 2.26. The highest BCUT2D eigenvalue weighted by molar-refractivity contribution is 6.39. The molecule has 1 saturated carbocycles. The van der Waals surface area contributed by atoms with Gasteiger partial charge in [0.05, 0.1) is 35.5 Å². The van der Waals surface area contributed by atoms with E-state index < -0.39 is 5.91 Å². The predicted octanol–water partition coefficient (Wildman–Crippen LogP) is 3.07. The van der Waals surface area contributed by atoms with Gasteiger partial charge in [0, 0.05) is 12.4 Å². The fourth-order valence-electron chi connectivity index (χ4n) is 2.13. The van der Waals surface area contributed by atoms with Crippen molar-refractivity contribution in [1.29, 1.82) is 0 Å². The van der Waals surface area contributed by atoms with E-state index >= 15 is 0 Å². The van der Waals surface area contributed by atoms with E-state index in [0.717, 1.165) is 19.0 Å². The summed E-state index contributed by atoms with van der Waals surface area (Å²) in [6.45, 7) is 0.516. The van der Waals surface area contributed by atoms with Crippen molar-refractivity contribution in [1.82, 2.24) is 4.98 Å². The first kappa shape index (κ1) is 17.6. The normalized spacial score (nSPS) is 13.4. The van der Waals surface area contributed by atoms with Crippen LogP contribution < -0.4 is 19.5 Å². The molecular formula is C16H15Cl2N3O4. The molecule has 2 aromatic heterocycles. The number of methoxy groups -OCH3 is 1. The first-order valence-electron chi connectivity index (χ1n) is 7.54. The van der Waals surface area contributed by atoms with Gasteiger partial charge in [-0.15, -0.1) is 0 Å². The van der Waals surface area contributed by atoms with Gasteiger partial charge >= 0.3 is 5.91 Å². The van der Waals surface area contributed by atoms with Crippen LogP contribution in [0.25, 0.3) is 0 Å². The predicted molar refractivity (Wildman–Crippen MR) is 92.4 cm³/mol. The standard InChI is InChI=1S/C16H15Cl2N3O4/c1-24-14-7-21(23)12(4-13(14)25-8-9-2-3-9)16(22)20-15-10(17)5-19-6-11(15)18/h4-7,9H,2-3,8H2,1H3,(H,19,20,22). The maximum Gasteiger partial charge on any atom is 0.322 e. The Kier molecular flexibility index (Phi) is 5.15. The molecule has 9 heteroatoms. The van der Waals surface area contributed by atoms with E-state index in [9.17, 15) is 10.0 Å². The van der Waals surface area contributed by atoms with Gasteiger partial charge in [0.15, 0.2) is 5.75 Å². The first-order valence-corrected chi connectivity index (χ1v) is 8.29. The largest absolute Gasteiger partial charge is 0.618 e. The molecular weight excluding hydrogens is 369 g/mol. The van der Waals surface area contributed by atoms with Gasteiger partial charge in [-0.25, -0.2) is 0 Å². The summed E-state index contributed by atoms with van der Waals surface area (Å²) in [6.07, 6.45) is 6.05. The minimum absolute atomic E-state index is 0.164. The lowest BCUT2D eigenvalue weighted by Crippen LogP contribution is -2.37. The number of nitrogens with zero attached hydrogens (tertiary/aromatic N) is 2. The summed E-state index contributed by atoms with van der Waals surface area (Å²) in [4.78, 5) is 16.3. The number of hydrogen-bond acceptors (Lipinski definition) is 5. The third-order valence-corrected chi connectivity index (χ3v) is 4.27. The second-order valence-electron chi connectivity index (χ2n) is 5.60. The van der Waals surface area contributed by atoms with Crippen molar-refractivity contribution in [3.05, 3.63) is 45.6 Å². The van der Waals surface area contributed by atoms with Gasteiger partial charge in [0.1, 0.15) is 0 Å². The van der Waals surface area contributed by atoms with Crippen molar-refractivity contribution < 1.29 is 19.0 Å². The number of anilines is 1. The molecule has 25 heavy (non-hydrogen) atoms. The summed E-state index contributed by atoms with van der Waals surface area (Å²) in [6, 6.07) is 1.34. The van der Waals surface area contributed by atoms with Gasteiger partial charge in [-0.05, 0) is 18.8 Å². The number of carbonyl (C=O) groups is 1. The Morgan fingerprint density at radius 3 is 2.64 bits per heavy atom. The lowest BCUT2D eigenvalue weighted by molar-refractivity contribution is -0.608. The molecule has 2 heterocycles. The zero-order valence-electron chi connectivity index (χ0n) is 13.3. The van der Waals surface area contributed by atoms with Gasteiger partial charge < -0.3 is 20.0 Å². The summed E-state index contributed by atoms with van der Waals surface area (Å²) in [7, 11) is 1.43. The molecule has 7 nitrogen and oxygen atoms in total. The van der Waals surface area contributed by atoms with Crippen LogP contribution in [0.4, 0.5) is 5.69 Å². The highest BCUT2D eigenvalue weighted by atomic mass is 35.5. The zero-order valence-corrected chi connectivity index (χ0v) is 14.8. The van der Waals surface area contributed by atoms with Crippen LogP contribution in [0.2, 0.25) is 10.0 Å². The van der Waals surface area contributed by atoms with Crippen molar-refractivity contribution in [2.75, 3.05) is 19.0 Å². The smallest absolute Gasteiger partial charge is 0.322 e. The van der Waals surface area contributed by atoms with Gasteiger partial charge in [0.2, 0.25) is 11.9 Å². The lowest BCUT2D eigenvalue weighted by Gasteiger charge is -2.13. The van der Waals surface area contributed by atoms with Gasteiger partial charge in [-0.2, -0.15) is 4.73 Å². The Hall–Kier alpha value is -2.25. The second-order valence-corrected chi connectivity index (χ2v) is 6.42. The van der Waals surface area contributed by atoms with Crippen LogP contribution in [0.3, 0.4) is 0 Å². The summed E-state index contributed by atoms with van der Waals surface area (Å²) in [5, 5.41) is 15.0. The van der Waals surface area contributed by atoms with Crippen molar-refractivity contribution in [3.63, 3.8) is 0 Å². The molecule has 2 aromatic rings. The summed E-state index contributed by atoms with van der Waals surface area (Å²) in [5.74, 6) is 0.422. The molecule has 0 aromatic carbocycles. The number of aromatic nitrogens is 2. The SMILES string of the molecule is COc1c[n+]([O-])c(C(=O)Nc2c(Cl)cncc2Cl)cc1OCC1CC1. The van der Waals surface area contributed by atoms with E-state index in [-0.39, 0.29) is 27.2 Å². The van der Waals surface area contributed by atoms with Crippen LogP contribution in [-0.2, 0) is 0 Å². The molecule has 1 N–H and O–H groups in total. The fraction of sp³-hybridized carbons (Fsp3) is 0.312. The summed E-state index contributed by atoms with van der Waals surface area (Å²) >= 11 is 12.0. The maximum atomic E-state index is 12.5. The van der Waals surface area contributed by atoms with E-state index in [2.05, 4.69) is 10.3 Å². The minimum atomic E-state index is -0.677. The van der Waals surface area contributed by atoms with Crippen molar-refractivity contribution >= 4 is 34.8 Å². The molecule has 0 unspecified atom stereocenters. The number of amides is 1. The molecule has 1 amide bonds. The van der Waals surface area contributed by atoms with Crippen LogP contribution in [0, 0.1) is 11.1 Å². The Bertz CT molecular complexity index is 792. The lowest BCUT2D eigenvalue weighted by atomic mass is 10.3. The topological polar surface area (TPSA) is 87.4 Å². The molecule has 0 atom stereocenters. The van der Waals surface area contributed by atoms with Crippen LogP contribution in [-0.4, -0.2) is 24.6 Å². The van der Waals surface area contributed by atoms with Crippen molar-refractivity contribution in [2.24, 2.45) is 5.92 Å². The molecule has 0 aliphatic heterocycles. The monoisotopic (exact) mass is 383 g/mol. The second kappa shape index (κ2) is 7.33. The first-order chi connectivity index (χ1) is 12.0. The summed E-state index contributed by atoms with van der Waals surface area (Å²) in [5.41, 5.74) is 0.00939. The number of nitrogens with one attached hydrogen (secondary N) is 1. The Balaban J connectivity index is 1.86. The molecule has 1 aliphatic rings. The van der Waals surface area contributed by atoms with Gasteiger partial charge in [0.25, 0.3) is 5.69 Å². The molecule has 0 radical (unpaired) electrons. The quantitative estimate of drug-likeness (QED) is 0.611. The third-order valence-electron chi connectivity index (χ3n) is 3.70. The molecule has 0 bridgehead atoms. The number of carbonyl (C=O) groups excluding carboxylic acids is 1. The number of ether oxygens (including phenoxy) is 2. The average Bonchev–Trinajstić information content (AvgIpc) is 3.41. The van der Waals surface area contributed by atoms with E-state index in [4.69, 9.17) is 32.7 Å².